The molecule has 0 aliphatic carbocycles. The van der Waals surface area contributed by atoms with E-state index in [9.17, 15) is 18.5 Å². The molecule has 0 atom stereocenters. The number of hydrogen-bond acceptors (Lipinski definition) is 5. The third-order valence-corrected chi connectivity index (χ3v) is 5.80. The average molecular weight is 348 g/mol. The van der Waals surface area contributed by atoms with Crippen LogP contribution in [0.25, 0.3) is 0 Å². The minimum atomic E-state index is -3.15. The molecular weight excluding hydrogens is 328 g/mol. The molecule has 24 heavy (non-hydrogen) atoms. The van der Waals surface area contributed by atoms with Gasteiger partial charge in [-0.05, 0) is 37.1 Å². The topological polar surface area (TPSA) is 89.3 Å². The summed E-state index contributed by atoms with van der Waals surface area (Å²) in [6.07, 6.45) is 0. The van der Waals surface area contributed by atoms with Crippen LogP contribution in [0.5, 0.6) is 0 Å². The third-order valence-electron chi connectivity index (χ3n) is 3.63. The standard InChI is InChI=1S/C17H20N2O4S/c1-13(2)24(22,23)12-15-6-3-7-16(9-15)18-11-14-5-4-8-17(10-14)19(20)21/h3-10,13,18H,11-12H2,1-2H3. The second kappa shape index (κ2) is 7.44. The third kappa shape index (κ3) is 4.79. The molecule has 7 heteroatoms. The Balaban J connectivity index is 2.07. The molecule has 0 saturated heterocycles. The Morgan fingerprint density at radius 3 is 2.42 bits per heavy atom. The van der Waals surface area contributed by atoms with Crippen molar-refractivity contribution in [2.75, 3.05) is 5.32 Å². The zero-order valence-corrected chi connectivity index (χ0v) is 14.4. The van der Waals surface area contributed by atoms with Gasteiger partial charge in [-0.1, -0.05) is 24.3 Å². The Morgan fingerprint density at radius 2 is 1.75 bits per heavy atom. The highest BCUT2D eigenvalue weighted by molar-refractivity contribution is 7.91. The summed E-state index contributed by atoms with van der Waals surface area (Å²) in [5, 5.41) is 13.5. The molecule has 0 fully saturated rings. The normalized spacial score (nSPS) is 11.5. The molecule has 2 aromatic carbocycles. The Hall–Kier alpha value is -2.41. The fourth-order valence-corrected chi connectivity index (χ4v) is 3.13. The molecule has 0 heterocycles. The number of anilines is 1. The lowest BCUT2D eigenvalue weighted by Gasteiger charge is -2.10. The number of rotatable bonds is 7. The van der Waals surface area contributed by atoms with Crippen LogP contribution in [0.15, 0.2) is 48.5 Å². The predicted octanol–water partition coefficient (Wildman–Crippen LogP) is 3.53. The molecule has 1 N–H and O–H groups in total. The first-order chi connectivity index (χ1) is 11.3. The molecule has 0 amide bonds. The maximum atomic E-state index is 12.0. The smallest absolute Gasteiger partial charge is 0.269 e. The molecule has 2 rings (SSSR count). The molecule has 0 aliphatic rings. The van der Waals surface area contributed by atoms with Gasteiger partial charge >= 0.3 is 0 Å². The van der Waals surface area contributed by atoms with E-state index in [2.05, 4.69) is 5.32 Å². The van der Waals surface area contributed by atoms with Crippen LogP contribution >= 0.6 is 0 Å². The number of non-ortho nitro benzene ring substituents is 1. The van der Waals surface area contributed by atoms with Crippen molar-refractivity contribution in [3.63, 3.8) is 0 Å². The summed E-state index contributed by atoms with van der Waals surface area (Å²) in [5.74, 6) is -0.00298. The summed E-state index contributed by atoms with van der Waals surface area (Å²) >= 11 is 0. The number of benzene rings is 2. The van der Waals surface area contributed by atoms with Gasteiger partial charge in [0.2, 0.25) is 0 Å². The van der Waals surface area contributed by atoms with Crippen molar-refractivity contribution in [1.82, 2.24) is 0 Å². The monoisotopic (exact) mass is 348 g/mol. The van der Waals surface area contributed by atoms with Crippen LogP contribution in [-0.2, 0) is 22.1 Å². The molecule has 0 bridgehead atoms. The first kappa shape index (κ1) is 17.9. The average Bonchev–Trinajstić information content (AvgIpc) is 2.53. The molecule has 6 nitrogen and oxygen atoms in total. The molecule has 0 aliphatic heterocycles. The van der Waals surface area contributed by atoms with Gasteiger partial charge in [-0.15, -0.1) is 0 Å². The van der Waals surface area contributed by atoms with Gasteiger partial charge in [-0.3, -0.25) is 10.1 Å². The van der Waals surface area contributed by atoms with Crippen molar-refractivity contribution < 1.29 is 13.3 Å². The number of nitro groups is 1. The molecule has 128 valence electrons. The second-order valence-electron chi connectivity index (χ2n) is 5.84. The number of hydrogen-bond donors (Lipinski definition) is 1. The van der Waals surface area contributed by atoms with Gasteiger partial charge in [0, 0.05) is 24.4 Å². The van der Waals surface area contributed by atoms with Crippen LogP contribution in [0.3, 0.4) is 0 Å². The summed E-state index contributed by atoms with van der Waals surface area (Å²) < 4.78 is 24.0. The molecule has 0 radical (unpaired) electrons. The van der Waals surface area contributed by atoms with Crippen LogP contribution in [0.2, 0.25) is 0 Å². The van der Waals surface area contributed by atoms with Gasteiger partial charge in [-0.2, -0.15) is 0 Å². The number of nitrogens with zero attached hydrogens (tertiary/aromatic N) is 1. The van der Waals surface area contributed by atoms with E-state index >= 15 is 0 Å². The van der Waals surface area contributed by atoms with E-state index < -0.39 is 20.0 Å². The molecule has 2 aromatic rings. The van der Waals surface area contributed by atoms with Crippen LogP contribution in [0, 0.1) is 10.1 Å². The minimum Gasteiger partial charge on any atom is -0.381 e. The van der Waals surface area contributed by atoms with Crippen molar-refractivity contribution in [2.45, 2.75) is 31.4 Å². The fraction of sp³-hybridized carbons (Fsp3) is 0.294. The lowest BCUT2D eigenvalue weighted by atomic mass is 10.2. The molecule has 0 unspecified atom stereocenters. The van der Waals surface area contributed by atoms with Gasteiger partial charge in [0.1, 0.15) is 0 Å². The van der Waals surface area contributed by atoms with Gasteiger partial charge < -0.3 is 5.32 Å². The maximum absolute atomic E-state index is 12.0. The lowest BCUT2D eigenvalue weighted by molar-refractivity contribution is -0.384. The van der Waals surface area contributed by atoms with E-state index in [1.54, 1.807) is 44.2 Å². The SMILES string of the molecule is CC(C)S(=O)(=O)Cc1cccc(NCc2cccc([N+](=O)[O-])c2)c1. The van der Waals surface area contributed by atoms with Crippen molar-refractivity contribution in [1.29, 1.82) is 0 Å². The summed E-state index contributed by atoms with van der Waals surface area (Å²) in [6.45, 7) is 3.75. The molecule has 0 saturated carbocycles. The van der Waals surface area contributed by atoms with Gasteiger partial charge in [-0.25, -0.2) is 8.42 Å². The van der Waals surface area contributed by atoms with Crippen molar-refractivity contribution in [3.05, 3.63) is 69.8 Å². The number of nitro benzene ring substituents is 1. The highest BCUT2D eigenvalue weighted by Gasteiger charge is 2.16. The summed E-state index contributed by atoms with van der Waals surface area (Å²) in [6, 6.07) is 13.6. The Kier molecular flexibility index (Phi) is 5.56. The van der Waals surface area contributed by atoms with Crippen LogP contribution in [0.1, 0.15) is 25.0 Å². The number of sulfone groups is 1. The number of nitrogens with one attached hydrogen (secondary N) is 1. The minimum absolute atomic E-state index is 0.00298. The Labute approximate surface area is 141 Å². The van der Waals surface area contributed by atoms with Crippen LogP contribution < -0.4 is 5.32 Å². The second-order valence-corrected chi connectivity index (χ2v) is 8.39. The summed E-state index contributed by atoms with van der Waals surface area (Å²) in [4.78, 5) is 10.4. The largest absolute Gasteiger partial charge is 0.381 e. The van der Waals surface area contributed by atoms with E-state index in [4.69, 9.17) is 0 Å². The van der Waals surface area contributed by atoms with E-state index in [0.29, 0.717) is 12.1 Å². The van der Waals surface area contributed by atoms with Gasteiger partial charge in [0.25, 0.3) is 5.69 Å². The fourth-order valence-electron chi connectivity index (χ4n) is 2.15. The predicted molar refractivity (Wildman–Crippen MR) is 94.6 cm³/mol. The van der Waals surface area contributed by atoms with E-state index in [-0.39, 0.29) is 11.4 Å². The van der Waals surface area contributed by atoms with Crippen LogP contribution in [-0.4, -0.2) is 18.6 Å². The lowest BCUT2D eigenvalue weighted by Crippen LogP contribution is -2.16. The van der Waals surface area contributed by atoms with E-state index in [0.717, 1.165) is 11.3 Å². The van der Waals surface area contributed by atoms with E-state index in [1.807, 2.05) is 6.07 Å². The zero-order chi connectivity index (χ0) is 17.7. The zero-order valence-electron chi connectivity index (χ0n) is 13.6. The van der Waals surface area contributed by atoms with Gasteiger partial charge in [0.05, 0.1) is 15.9 Å². The summed E-state index contributed by atoms with van der Waals surface area (Å²) in [5.41, 5.74) is 2.32. The Bertz CT molecular complexity index is 832. The van der Waals surface area contributed by atoms with Crippen molar-refractivity contribution in [3.8, 4) is 0 Å². The van der Waals surface area contributed by atoms with Gasteiger partial charge in [0.15, 0.2) is 9.84 Å². The molecule has 0 aromatic heterocycles. The van der Waals surface area contributed by atoms with Crippen LogP contribution in [0.4, 0.5) is 11.4 Å². The first-order valence-corrected chi connectivity index (χ1v) is 9.27. The highest BCUT2D eigenvalue weighted by Crippen LogP contribution is 2.18. The van der Waals surface area contributed by atoms with E-state index in [1.165, 1.54) is 12.1 Å². The quantitative estimate of drug-likeness (QED) is 0.611. The van der Waals surface area contributed by atoms with Crippen molar-refractivity contribution >= 4 is 21.2 Å². The first-order valence-electron chi connectivity index (χ1n) is 7.55. The molecule has 0 spiro atoms. The Morgan fingerprint density at radius 1 is 1.08 bits per heavy atom. The highest BCUT2D eigenvalue weighted by atomic mass is 32.2. The summed E-state index contributed by atoms with van der Waals surface area (Å²) in [7, 11) is -3.15. The molecular formula is C17H20N2O4S. The van der Waals surface area contributed by atoms with Crippen molar-refractivity contribution in [2.24, 2.45) is 0 Å². The maximum Gasteiger partial charge on any atom is 0.269 e.